The summed E-state index contributed by atoms with van der Waals surface area (Å²) in [6.45, 7) is 8.53. The molecule has 1 aromatic carbocycles. The van der Waals surface area contributed by atoms with E-state index < -0.39 is 23.7 Å². The fourth-order valence-electron chi connectivity index (χ4n) is 6.14. The van der Waals surface area contributed by atoms with Gasteiger partial charge in [0.2, 0.25) is 5.91 Å². The molecule has 6 nitrogen and oxygen atoms in total. The third-order valence-electron chi connectivity index (χ3n) is 7.99. The molecule has 0 saturated heterocycles. The number of halogens is 2. The van der Waals surface area contributed by atoms with Crippen molar-refractivity contribution >= 4 is 11.9 Å². The Labute approximate surface area is 194 Å². The van der Waals surface area contributed by atoms with Crippen LogP contribution in [-0.4, -0.2) is 35.7 Å². The quantitative estimate of drug-likeness (QED) is 0.516. The monoisotopic (exact) mass is 465 g/mol. The van der Waals surface area contributed by atoms with Crippen LogP contribution in [0.5, 0.6) is 0 Å². The second kappa shape index (κ2) is 10.4. The summed E-state index contributed by atoms with van der Waals surface area (Å²) in [5.41, 5.74) is 0.314. The van der Waals surface area contributed by atoms with Crippen LogP contribution in [0.25, 0.3) is 0 Å². The molecule has 2 aliphatic rings. The van der Waals surface area contributed by atoms with E-state index >= 15 is 0 Å². The highest BCUT2D eigenvalue weighted by Gasteiger charge is 2.53. The van der Waals surface area contributed by atoms with E-state index in [1.165, 1.54) is 12.1 Å². The number of rotatable bonds is 6. The van der Waals surface area contributed by atoms with Gasteiger partial charge in [-0.3, -0.25) is 4.79 Å². The van der Waals surface area contributed by atoms with Crippen LogP contribution in [0, 0.1) is 40.7 Å². The maximum absolute atomic E-state index is 13.4. The molecule has 8 heteroatoms. The van der Waals surface area contributed by atoms with Crippen LogP contribution in [-0.2, 0) is 11.3 Å². The normalized spacial score (nSPS) is 32.4. The highest BCUT2D eigenvalue weighted by Crippen LogP contribution is 2.55. The van der Waals surface area contributed by atoms with Crippen molar-refractivity contribution in [2.75, 3.05) is 6.54 Å². The molecule has 0 aliphatic heterocycles. The van der Waals surface area contributed by atoms with E-state index in [1.54, 1.807) is 6.92 Å². The fraction of sp³-hybridized carbons (Fsp3) is 0.680. The zero-order chi connectivity index (χ0) is 24.3. The van der Waals surface area contributed by atoms with Gasteiger partial charge in [-0.25, -0.2) is 13.6 Å². The van der Waals surface area contributed by atoms with Crippen LogP contribution < -0.4 is 16.0 Å². The van der Waals surface area contributed by atoms with Crippen molar-refractivity contribution in [2.24, 2.45) is 29.1 Å². The number of nitrogens with one attached hydrogen (secondary N) is 3. The molecule has 184 valence electrons. The molecular weight excluding hydrogens is 428 g/mol. The van der Waals surface area contributed by atoms with Gasteiger partial charge in [0, 0.05) is 31.1 Å². The van der Waals surface area contributed by atoms with Gasteiger partial charge in [-0.05, 0) is 73.5 Å². The molecule has 4 N–H and O–H groups in total. The van der Waals surface area contributed by atoms with Gasteiger partial charge in [0.1, 0.15) is 11.6 Å². The Bertz CT molecular complexity index is 847. The number of benzene rings is 1. The van der Waals surface area contributed by atoms with E-state index in [2.05, 4.69) is 29.8 Å². The van der Waals surface area contributed by atoms with Crippen molar-refractivity contribution in [2.45, 2.75) is 72.1 Å². The minimum atomic E-state index is -0.684. The third-order valence-corrected chi connectivity index (χ3v) is 7.99. The lowest BCUT2D eigenvalue weighted by Crippen LogP contribution is -2.59. The molecule has 0 radical (unpaired) electrons. The minimum absolute atomic E-state index is 0.0246. The average molecular weight is 466 g/mol. The maximum atomic E-state index is 13.4. The summed E-state index contributed by atoms with van der Waals surface area (Å²) in [5, 5.41) is 20.0. The summed E-state index contributed by atoms with van der Waals surface area (Å²) in [6.07, 6.45) is 2.74. The van der Waals surface area contributed by atoms with Crippen molar-refractivity contribution in [3.63, 3.8) is 0 Å². The number of fused-ring (bicyclic) bond motifs is 1. The molecule has 0 heterocycles. The molecule has 2 saturated carbocycles. The average Bonchev–Trinajstić information content (AvgIpc) is 2.73. The summed E-state index contributed by atoms with van der Waals surface area (Å²) < 4.78 is 26.8. The predicted octanol–water partition coefficient (Wildman–Crippen LogP) is 3.73. The standard InChI is InChI=1S/C25H37F2N3O3/c1-5-28-24(33)30-20-7-9-25(4)8-6-19(22(31)21(25)15(20)3)14(2)23(32)29-13-16-10-17(26)12-18(27)11-16/h10-12,14-15,19-22,31H,5-9,13H2,1-4H3,(H,29,32)(H2,28,30,33)/t14-,15+,19-,20+,21+,22-,25+/m0/s1. The number of hydrogen-bond donors (Lipinski definition) is 4. The summed E-state index contributed by atoms with van der Waals surface area (Å²) in [5.74, 6) is -2.26. The largest absolute Gasteiger partial charge is 0.392 e. The van der Waals surface area contributed by atoms with Gasteiger partial charge in [0.05, 0.1) is 6.10 Å². The van der Waals surface area contributed by atoms with Crippen LogP contribution in [0.3, 0.4) is 0 Å². The lowest BCUT2D eigenvalue weighted by molar-refractivity contribution is -0.142. The number of aliphatic hydroxyl groups is 1. The van der Waals surface area contributed by atoms with E-state index in [1.807, 2.05) is 6.92 Å². The number of aliphatic hydroxyl groups excluding tert-OH is 1. The molecule has 7 atom stereocenters. The molecule has 0 aromatic heterocycles. The molecule has 0 spiro atoms. The number of carbonyl (C=O) groups excluding carboxylic acids is 2. The Morgan fingerprint density at radius 3 is 2.42 bits per heavy atom. The topological polar surface area (TPSA) is 90.5 Å². The van der Waals surface area contributed by atoms with E-state index in [4.69, 9.17) is 0 Å². The van der Waals surface area contributed by atoms with Crippen LogP contribution >= 0.6 is 0 Å². The second-order valence-corrected chi connectivity index (χ2v) is 10.2. The van der Waals surface area contributed by atoms with Gasteiger partial charge in [0.15, 0.2) is 0 Å². The van der Waals surface area contributed by atoms with Gasteiger partial charge in [-0.15, -0.1) is 0 Å². The van der Waals surface area contributed by atoms with E-state index in [0.29, 0.717) is 12.1 Å². The zero-order valence-electron chi connectivity index (χ0n) is 20.0. The van der Waals surface area contributed by atoms with Crippen LogP contribution in [0.2, 0.25) is 0 Å². The number of amides is 3. The summed E-state index contributed by atoms with van der Waals surface area (Å²) in [4.78, 5) is 24.9. The smallest absolute Gasteiger partial charge is 0.315 e. The lowest BCUT2D eigenvalue weighted by atomic mass is 9.52. The molecule has 0 bridgehead atoms. The van der Waals surface area contributed by atoms with E-state index in [0.717, 1.165) is 31.7 Å². The highest BCUT2D eigenvalue weighted by atomic mass is 19.1. The first-order valence-electron chi connectivity index (χ1n) is 12.0. The van der Waals surface area contributed by atoms with Crippen molar-refractivity contribution in [3.8, 4) is 0 Å². The molecule has 2 fully saturated rings. The molecule has 3 rings (SSSR count). The molecular formula is C25H37F2N3O3. The Morgan fingerprint density at radius 2 is 1.79 bits per heavy atom. The summed E-state index contributed by atoms with van der Waals surface area (Å²) in [6, 6.07) is 2.96. The van der Waals surface area contributed by atoms with Gasteiger partial charge >= 0.3 is 6.03 Å². The van der Waals surface area contributed by atoms with Crippen molar-refractivity contribution in [1.29, 1.82) is 0 Å². The molecule has 0 unspecified atom stereocenters. The molecule has 3 amide bonds. The Kier molecular flexibility index (Phi) is 7.98. The second-order valence-electron chi connectivity index (χ2n) is 10.2. The Morgan fingerprint density at radius 1 is 1.15 bits per heavy atom. The Balaban J connectivity index is 1.66. The zero-order valence-corrected chi connectivity index (χ0v) is 20.0. The number of urea groups is 1. The van der Waals surface area contributed by atoms with Crippen molar-refractivity contribution in [1.82, 2.24) is 16.0 Å². The van der Waals surface area contributed by atoms with Gasteiger partial charge in [-0.2, -0.15) is 0 Å². The first-order chi connectivity index (χ1) is 15.6. The van der Waals surface area contributed by atoms with Gasteiger partial charge in [0.25, 0.3) is 0 Å². The lowest BCUT2D eigenvalue weighted by Gasteiger charge is -2.56. The van der Waals surface area contributed by atoms with Crippen LogP contribution in [0.4, 0.5) is 13.6 Å². The molecule has 33 heavy (non-hydrogen) atoms. The fourth-order valence-corrected chi connectivity index (χ4v) is 6.14. The Hall–Kier alpha value is -2.22. The number of hydrogen-bond acceptors (Lipinski definition) is 3. The first kappa shape index (κ1) is 25.4. The third kappa shape index (κ3) is 5.65. The molecule has 1 aromatic rings. The number of carbonyl (C=O) groups is 2. The van der Waals surface area contributed by atoms with Crippen LogP contribution in [0.15, 0.2) is 18.2 Å². The predicted molar refractivity (Wildman–Crippen MR) is 122 cm³/mol. The van der Waals surface area contributed by atoms with Crippen molar-refractivity contribution in [3.05, 3.63) is 35.4 Å². The summed E-state index contributed by atoms with van der Waals surface area (Å²) >= 11 is 0. The van der Waals surface area contributed by atoms with Gasteiger partial charge < -0.3 is 21.1 Å². The van der Waals surface area contributed by atoms with E-state index in [9.17, 15) is 23.5 Å². The van der Waals surface area contributed by atoms with Crippen LogP contribution in [0.1, 0.15) is 58.9 Å². The highest BCUT2D eigenvalue weighted by molar-refractivity contribution is 5.78. The van der Waals surface area contributed by atoms with E-state index in [-0.39, 0.29) is 47.7 Å². The molecule has 2 aliphatic carbocycles. The minimum Gasteiger partial charge on any atom is -0.392 e. The SMILES string of the molecule is CCNC(=O)N[C@@H]1CC[C@@]2(C)CC[C@@H]([C@H](C)C(=O)NCc3cc(F)cc(F)c3)[C@H](O)[C@H]2[C@@H]1C. The first-order valence-corrected chi connectivity index (χ1v) is 12.0. The maximum Gasteiger partial charge on any atom is 0.315 e. The summed E-state index contributed by atoms with van der Waals surface area (Å²) in [7, 11) is 0. The van der Waals surface area contributed by atoms with Gasteiger partial charge in [-0.1, -0.05) is 20.8 Å². The van der Waals surface area contributed by atoms with Crippen molar-refractivity contribution < 1.29 is 23.5 Å².